The highest BCUT2D eigenvalue weighted by Crippen LogP contribution is 2.49. The Balaban J connectivity index is 1.52. The second kappa shape index (κ2) is 6.17. The quantitative estimate of drug-likeness (QED) is 0.855. The van der Waals surface area contributed by atoms with Gasteiger partial charge in [0.05, 0.1) is 18.9 Å². The molecular weight excluding hydrogens is 318 g/mol. The van der Waals surface area contributed by atoms with Crippen molar-refractivity contribution in [2.75, 3.05) is 20.2 Å². The first-order valence-corrected chi connectivity index (χ1v) is 8.82. The van der Waals surface area contributed by atoms with E-state index in [0.29, 0.717) is 24.8 Å². The summed E-state index contributed by atoms with van der Waals surface area (Å²) in [6.45, 7) is 3.30. The average Bonchev–Trinajstić information content (AvgIpc) is 3.28. The summed E-state index contributed by atoms with van der Waals surface area (Å²) in [5, 5.41) is 4.19. The molecule has 6 heteroatoms. The van der Waals surface area contributed by atoms with E-state index in [9.17, 15) is 4.79 Å². The Morgan fingerprint density at radius 3 is 3.12 bits per heavy atom. The van der Waals surface area contributed by atoms with E-state index in [1.807, 2.05) is 36.1 Å². The number of aromatic nitrogens is 2. The highest BCUT2D eigenvalue weighted by atomic mass is 16.5. The summed E-state index contributed by atoms with van der Waals surface area (Å²) in [4.78, 5) is 19.3. The maximum atomic E-state index is 12.8. The summed E-state index contributed by atoms with van der Waals surface area (Å²) < 4.78 is 10.5. The predicted molar refractivity (Wildman–Crippen MR) is 91.3 cm³/mol. The van der Waals surface area contributed by atoms with E-state index in [2.05, 4.69) is 10.1 Å². The van der Waals surface area contributed by atoms with E-state index in [1.165, 1.54) is 0 Å². The molecule has 1 saturated heterocycles. The number of hydrogen-bond donors (Lipinski definition) is 0. The molecule has 2 aromatic rings. The molecule has 0 unspecified atom stereocenters. The van der Waals surface area contributed by atoms with Crippen molar-refractivity contribution in [1.29, 1.82) is 0 Å². The van der Waals surface area contributed by atoms with Gasteiger partial charge in [0.1, 0.15) is 5.75 Å². The lowest BCUT2D eigenvalue weighted by molar-refractivity contribution is -0.129. The highest BCUT2D eigenvalue weighted by Gasteiger charge is 2.54. The van der Waals surface area contributed by atoms with Crippen molar-refractivity contribution in [3.8, 4) is 5.75 Å². The van der Waals surface area contributed by atoms with Gasteiger partial charge in [-0.2, -0.15) is 4.98 Å². The Hall–Kier alpha value is -2.37. The largest absolute Gasteiger partial charge is 0.497 e. The van der Waals surface area contributed by atoms with Crippen LogP contribution in [0, 0.1) is 12.8 Å². The number of fused-ring (bicyclic) bond motifs is 1. The fourth-order valence-electron chi connectivity index (χ4n) is 4.42. The Kier molecular flexibility index (Phi) is 3.98. The standard InChI is InChI=1S/C19H23N3O3/c1-13-20-18(21-25-13)19-8-4-6-15(19)11-22(12-19)17(23)10-14-5-3-7-16(9-14)24-2/h3,5,7,9,15H,4,6,8,10-12H2,1-2H3/t15-,19-/m1/s1. The first-order chi connectivity index (χ1) is 12.1. The minimum Gasteiger partial charge on any atom is -0.497 e. The number of aryl methyl sites for hydroxylation is 1. The zero-order valence-corrected chi connectivity index (χ0v) is 14.7. The fourth-order valence-corrected chi connectivity index (χ4v) is 4.42. The maximum Gasteiger partial charge on any atom is 0.227 e. The summed E-state index contributed by atoms with van der Waals surface area (Å²) >= 11 is 0. The molecule has 1 aromatic carbocycles. The summed E-state index contributed by atoms with van der Waals surface area (Å²) in [5.41, 5.74) is 0.854. The van der Waals surface area contributed by atoms with Gasteiger partial charge in [-0.25, -0.2) is 0 Å². The van der Waals surface area contributed by atoms with Crippen molar-refractivity contribution in [2.45, 2.75) is 38.0 Å². The van der Waals surface area contributed by atoms with Crippen LogP contribution in [-0.4, -0.2) is 41.1 Å². The van der Waals surface area contributed by atoms with Crippen LogP contribution in [0.1, 0.15) is 36.5 Å². The van der Waals surface area contributed by atoms with Crippen LogP contribution in [0.4, 0.5) is 0 Å². The molecule has 4 rings (SSSR count). The van der Waals surface area contributed by atoms with Gasteiger partial charge in [-0.15, -0.1) is 0 Å². The lowest BCUT2D eigenvalue weighted by atomic mass is 9.80. The molecular formula is C19H23N3O3. The number of benzene rings is 1. The van der Waals surface area contributed by atoms with Crippen LogP contribution in [0.2, 0.25) is 0 Å². The molecule has 0 bridgehead atoms. The minimum absolute atomic E-state index is 0.123. The molecule has 1 aliphatic heterocycles. The van der Waals surface area contributed by atoms with E-state index in [0.717, 1.165) is 42.9 Å². The Bertz CT molecular complexity index is 788. The number of likely N-dealkylation sites (tertiary alicyclic amines) is 1. The summed E-state index contributed by atoms with van der Waals surface area (Å²) in [5.74, 6) is 2.74. The Labute approximate surface area is 147 Å². The highest BCUT2D eigenvalue weighted by molar-refractivity contribution is 5.79. The second-order valence-corrected chi connectivity index (χ2v) is 7.18. The molecule has 0 N–H and O–H groups in total. The number of rotatable bonds is 4. The first-order valence-electron chi connectivity index (χ1n) is 8.82. The van der Waals surface area contributed by atoms with Gasteiger partial charge in [0, 0.05) is 20.0 Å². The molecule has 6 nitrogen and oxygen atoms in total. The van der Waals surface area contributed by atoms with Gasteiger partial charge in [0.2, 0.25) is 11.8 Å². The Morgan fingerprint density at radius 2 is 2.36 bits per heavy atom. The molecule has 2 aliphatic rings. The summed E-state index contributed by atoms with van der Waals surface area (Å²) in [7, 11) is 1.64. The van der Waals surface area contributed by atoms with Crippen LogP contribution < -0.4 is 4.74 Å². The smallest absolute Gasteiger partial charge is 0.227 e. The molecule has 0 radical (unpaired) electrons. The van der Waals surface area contributed by atoms with Crippen molar-refractivity contribution >= 4 is 5.91 Å². The van der Waals surface area contributed by atoms with Crippen LogP contribution >= 0.6 is 0 Å². The van der Waals surface area contributed by atoms with E-state index >= 15 is 0 Å². The molecule has 2 fully saturated rings. The van der Waals surface area contributed by atoms with Gasteiger partial charge in [0.25, 0.3) is 0 Å². The third kappa shape index (κ3) is 2.79. The molecule has 1 aliphatic carbocycles. The van der Waals surface area contributed by atoms with Crippen molar-refractivity contribution < 1.29 is 14.1 Å². The number of carbonyl (C=O) groups is 1. The SMILES string of the molecule is COc1cccc(CC(=O)N2C[C@H]3CCC[C@@]3(c3noc(C)n3)C2)c1. The molecule has 2 heterocycles. The monoisotopic (exact) mass is 341 g/mol. The van der Waals surface area contributed by atoms with Gasteiger partial charge < -0.3 is 14.2 Å². The fraction of sp³-hybridized carbons (Fsp3) is 0.526. The molecule has 0 spiro atoms. The van der Waals surface area contributed by atoms with Gasteiger partial charge in [-0.1, -0.05) is 23.7 Å². The van der Waals surface area contributed by atoms with Crippen LogP contribution in [0.5, 0.6) is 5.75 Å². The number of carbonyl (C=O) groups excluding carboxylic acids is 1. The molecule has 1 aromatic heterocycles. The molecule has 25 heavy (non-hydrogen) atoms. The van der Waals surface area contributed by atoms with E-state index in [-0.39, 0.29) is 11.3 Å². The Morgan fingerprint density at radius 1 is 1.48 bits per heavy atom. The minimum atomic E-state index is -0.123. The van der Waals surface area contributed by atoms with Crippen molar-refractivity contribution in [3.05, 3.63) is 41.5 Å². The average molecular weight is 341 g/mol. The van der Waals surface area contributed by atoms with Crippen LogP contribution in [0.3, 0.4) is 0 Å². The zero-order chi connectivity index (χ0) is 17.4. The topological polar surface area (TPSA) is 68.5 Å². The lowest BCUT2D eigenvalue weighted by Crippen LogP contribution is -2.36. The van der Waals surface area contributed by atoms with E-state index < -0.39 is 0 Å². The number of hydrogen-bond acceptors (Lipinski definition) is 5. The van der Waals surface area contributed by atoms with Crippen LogP contribution in [-0.2, 0) is 16.6 Å². The van der Waals surface area contributed by atoms with Gasteiger partial charge in [-0.05, 0) is 36.5 Å². The second-order valence-electron chi connectivity index (χ2n) is 7.18. The number of ether oxygens (including phenoxy) is 1. The van der Waals surface area contributed by atoms with Crippen molar-refractivity contribution in [1.82, 2.24) is 15.0 Å². The van der Waals surface area contributed by atoms with Crippen LogP contribution in [0.25, 0.3) is 0 Å². The molecule has 1 amide bonds. The van der Waals surface area contributed by atoms with Gasteiger partial charge >= 0.3 is 0 Å². The van der Waals surface area contributed by atoms with E-state index in [1.54, 1.807) is 7.11 Å². The van der Waals surface area contributed by atoms with Gasteiger partial charge in [-0.3, -0.25) is 4.79 Å². The number of nitrogens with zero attached hydrogens (tertiary/aromatic N) is 3. The third-order valence-electron chi connectivity index (χ3n) is 5.69. The predicted octanol–water partition coefficient (Wildman–Crippen LogP) is 2.51. The zero-order valence-electron chi connectivity index (χ0n) is 14.7. The lowest BCUT2D eigenvalue weighted by Gasteiger charge is -2.24. The van der Waals surface area contributed by atoms with E-state index in [4.69, 9.17) is 9.26 Å². The number of methoxy groups -OCH3 is 1. The normalized spacial score (nSPS) is 25.2. The summed E-state index contributed by atoms with van der Waals surface area (Å²) in [6, 6.07) is 7.70. The molecule has 2 atom stereocenters. The van der Waals surface area contributed by atoms with Crippen molar-refractivity contribution in [3.63, 3.8) is 0 Å². The van der Waals surface area contributed by atoms with Crippen LogP contribution in [0.15, 0.2) is 28.8 Å². The first kappa shape index (κ1) is 16.1. The number of amides is 1. The van der Waals surface area contributed by atoms with Gasteiger partial charge in [0.15, 0.2) is 5.82 Å². The van der Waals surface area contributed by atoms with Crippen molar-refractivity contribution in [2.24, 2.45) is 5.92 Å². The summed E-state index contributed by atoms with van der Waals surface area (Å²) in [6.07, 6.45) is 3.71. The molecule has 132 valence electrons. The maximum absolute atomic E-state index is 12.8. The third-order valence-corrected chi connectivity index (χ3v) is 5.69. The molecule has 1 saturated carbocycles.